The molecule has 6 heteroatoms. The molecule has 126 valence electrons. The van der Waals surface area contributed by atoms with Gasteiger partial charge in [-0.1, -0.05) is 13.3 Å². The van der Waals surface area contributed by atoms with Crippen LogP contribution in [0.15, 0.2) is 24.3 Å². The first-order valence-corrected chi connectivity index (χ1v) is 7.72. The molecule has 0 aromatic heterocycles. The summed E-state index contributed by atoms with van der Waals surface area (Å²) in [5.74, 6) is -0.658. The van der Waals surface area contributed by atoms with Crippen molar-refractivity contribution >= 4 is 23.5 Å². The highest BCUT2D eigenvalue weighted by Gasteiger charge is 2.14. The number of esters is 1. The van der Waals surface area contributed by atoms with Gasteiger partial charge in [0.15, 0.2) is 0 Å². The number of carbonyl (C=O) groups excluding carboxylic acids is 3. The molecule has 23 heavy (non-hydrogen) atoms. The Hall–Kier alpha value is -2.37. The van der Waals surface area contributed by atoms with Crippen LogP contribution in [-0.2, 0) is 14.3 Å². The van der Waals surface area contributed by atoms with Gasteiger partial charge in [-0.15, -0.1) is 0 Å². The minimum atomic E-state index is -0.429. The maximum Gasteiger partial charge on any atom is 0.337 e. The maximum absolute atomic E-state index is 11.8. The highest BCUT2D eigenvalue weighted by Crippen LogP contribution is 2.16. The zero-order chi connectivity index (χ0) is 17.2. The van der Waals surface area contributed by atoms with Crippen LogP contribution in [0.4, 0.5) is 5.69 Å². The third kappa shape index (κ3) is 6.10. The first kappa shape index (κ1) is 18.7. The van der Waals surface area contributed by atoms with Crippen molar-refractivity contribution in [1.29, 1.82) is 0 Å². The van der Waals surface area contributed by atoms with Crippen LogP contribution in [0.3, 0.4) is 0 Å². The van der Waals surface area contributed by atoms with Crippen LogP contribution in [0.1, 0.15) is 43.5 Å². The second-order valence-corrected chi connectivity index (χ2v) is 5.16. The lowest BCUT2D eigenvalue weighted by Crippen LogP contribution is -2.34. The molecule has 0 saturated heterocycles. The van der Waals surface area contributed by atoms with E-state index >= 15 is 0 Å². The van der Waals surface area contributed by atoms with Gasteiger partial charge in [-0.3, -0.25) is 9.59 Å². The number of ether oxygens (including phenoxy) is 1. The van der Waals surface area contributed by atoms with Crippen molar-refractivity contribution in [1.82, 2.24) is 5.32 Å². The molecule has 2 amide bonds. The molecule has 1 N–H and O–H groups in total. The normalized spacial score (nSPS) is 10.0. The summed E-state index contributed by atoms with van der Waals surface area (Å²) in [6.07, 6.45) is 2.20. The Bertz CT molecular complexity index is 540. The first-order chi connectivity index (χ1) is 11.0. The molecule has 0 unspecified atom stereocenters. The lowest BCUT2D eigenvalue weighted by Gasteiger charge is -2.21. The Balaban J connectivity index is 2.66. The molecule has 0 bridgehead atoms. The molecule has 0 heterocycles. The van der Waals surface area contributed by atoms with Crippen molar-refractivity contribution in [2.24, 2.45) is 0 Å². The summed E-state index contributed by atoms with van der Waals surface area (Å²) >= 11 is 0. The Morgan fingerprint density at radius 2 is 1.83 bits per heavy atom. The molecule has 6 nitrogen and oxygen atoms in total. The quantitative estimate of drug-likeness (QED) is 0.588. The van der Waals surface area contributed by atoms with Crippen LogP contribution < -0.4 is 10.2 Å². The van der Waals surface area contributed by atoms with E-state index in [2.05, 4.69) is 17.0 Å². The highest BCUT2D eigenvalue weighted by atomic mass is 16.5. The molecule has 0 saturated carbocycles. The van der Waals surface area contributed by atoms with E-state index < -0.39 is 5.97 Å². The number of hydrogen-bond acceptors (Lipinski definition) is 4. The first-order valence-electron chi connectivity index (χ1n) is 7.72. The number of hydrogen-bond donors (Lipinski definition) is 1. The average molecular weight is 320 g/mol. The minimum Gasteiger partial charge on any atom is -0.465 e. The topological polar surface area (TPSA) is 75.7 Å². The number of rotatable bonds is 8. The third-order valence-corrected chi connectivity index (χ3v) is 3.40. The molecule has 1 rings (SSSR count). The van der Waals surface area contributed by atoms with Gasteiger partial charge in [-0.05, 0) is 30.7 Å². The monoisotopic (exact) mass is 320 g/mol. The zero-order valence-electron chi connectivity index (χ0n) is 13.9. The van der Waals surface area contributed by atoms with E-state index in [0.717, 1.165) is 12.8 Å². The minimum absolute atomic E-state index is 0.0733. The predicted molar refractivity (Wildman–Crippen MR) is 88.3 cm³/mol. The van der Waals surface area contributed by atoms with E-state index in [9.17, 15) is 14.4 Å². The maximum atomic E-state index is 11.8. The molecule has 0 fully saturated rings. The van der Waals surface area contributed by atoms with Crippen molar-refractivity contribution in [2.45, 2.75) is 33.1 Å². The number of nitrogens with one attached hydrogen (secondary N) is 1. The Morgan fingerprint density at radius 1 is 1.17 bits per heavy atom. The fraction of sp³-hybridized carbons (Fsp3) is 0.471. The summed E-state index contributed by atoms with van der Waals surface area (Å²) in [7, 11) is 1.31. The number of nitrogens with zero attached hydrogens (tertiary/aromatic N) is 1. The van der Waals surface area contributed by atoms with Crippen LogP contribution >= 0.6 is 0 Å². The van der Waals surface area contributed by atoms with Crippen molar-refractivity contribution in [2.75, 3.05) is 25.1 Å². The lowest BCUT2D eigenvalue weighted by molar-refractivity contribution is -0.121. The fourth-order valence-corrected chi connectivity index (χ4v) is 2.07. The van der Waals surface area contributed by atoms with E-state index in [4.69, 9.17) is 0 Å². The Morgan fingerprint density at radius 3 is 2.35 bits per heavy atom. The van der Waals surface area contributed by atoms with Gasteiger partial charge in [0, 0.05) is 32.1 Å². The molecule has 0 aliphatic heterocycles. The number of carbonyl (C=O) groups is 3. The van der Waals surface area contributed by atoms with Gasteiger partial charge in [-0.25, -0.2) is 4.79 Å². The summed E-state index contributed by atoms with van der Waals surface area (Å²) in [5, 5.41) is 2.82. The molecular formula is C17H24N2O4. The second kappa shape index (κ2) is 9.61. The standard InChI is InChI=1S/C17H24N2O4/c1-4-5-11-18-16(21)10-12-19(13(2)20)15-8-6-14(7-9-15)17(22)23-3/h6-9H,4-5,10-12H2,1-3H3,(H,18,21). The van der Waals surface area contributed by atoms with E-state index in [0.29, 0.717) is 24.3 Å². The van der Waals surface area contributed by atoms with Gasteiger partial charge in [0.25, 0.3) is 0 Å². The molecule has 0 atom stereocenters. The van der Waals surface area contributed by atoms with Crippen LogP contribution in [0.2, 0.25) is 0 Å². The molecule has 0 aliphatic carbocycles. The number of benzene rings is 1. The van der Waals surface area contributed by atoms with Gasteiger partial charge in [0.1, 0.15) is 0 Å². The smallest absolute Gasteiger partial charge is 0.337 e. The van der Waals surface area contributed by atoms with Gasteiger partial charge in [-0.2, -0.15) is 0 Å². The van der Waals surface area contributed by atoms with Crippen molar-refractivity contribution in [3.63, 3.8) is 0 Å². The van der Waals surface area contributed by atoms with Crippen LogP contribution in [0.5, 0.6) is 0 Å². The molecule has 0 aliphatic rings. The Labute approximate surface area is 136 Å². The van der Waals surface area contributed by atoms with E-state index in [1.807, 2.05) is 0 Å². The second-order valence-electron chi connectivity index (χ2n) is 5.16. The van der Waals surface area contributed by atoms with Crippen LogP contribution in [-0.4, -0.2) is 38.0 Å². The van der Waals surface area contributed by atoms with E-state index in [1.54, 1.807) is 24.3 Å². The number of anilines is 1. The van der Waals surface area contributed by atoms with Gasteiger partial charge < -0.3 is 15.0 Å². The third-order valence-electron chi connectivity index (χ3n) is 3.40. The summed E-state index contributed by atoms with van der Waals surface area (Å²) in [4.78, 5) is 36.5. The Kier molecular flexibility index (Phi) is 7.80. The summed E-state index contributed by atoms with van der Waals surface area (Å²) in [6.45, 7) is 4.46. The molecule has 1 aromatic carbocycles. The largest absolute Gasteiger partial charge is 0.465 e. The summed E-state index contributed by atoms with van der Waals surface area (Å²) in [5.41, 5.74) is 1.06. The lowest BCUT2D eigenvalue weighted by atomic mass is 10.2. The molecular weight excluding hydrogens is 296 g/mol. The average Bonchev–Trinajstić information content (AvgIpc) is 2.55. The number of unbranched alkanes of at least 4 members (excludes halogenated alkanes) is 1. The zero-order valence-corrected chi connectivity index (χ0v) is 13.9. The molecule has 0 radical (unpaired) electrons. The van der Waals surface area contributed by atoms with Crippen molar-refractivity contribution in [3.05, 3.63) is 29.8 Å². The number of methoxy groups -OCH3 is 1. The summed E-state index contributed by atoms with van der Waals surface area (Å²) in [6, 6.07) is 6.53. The van der Waals surface area contributed by atoms with E-state index in [-0.39, 0.29) is 18.2 Å². The SMILES string of the molecule is CCCCNC(=O)CCN(C(C)=O)c1ccc(C(=O)OC)cc1. The molecule has 0 spiro atoms. The van der Waals surface area contributed by atoms with Gasteiger partial charge in [0.2, 0.25) is 11.8 Å². The number of amides is 2. The van der Waals surface area contributed by atoms with Crippen molar-refractivity contribution < 1.29 is 19.1 Å². The van der Waals surface area contributed by atoms with Gasteiger partial charge in [0.05, 0.1) is 12.7 Å². The van der Waals surface area contributed by atoms with E-state index in [1.165, 1.54) is 18.9 Å². The fourth-order valence-electron chi connectivity index (χ4n) is 2.07. The van der Waals surface area contributed by atoms with Crippen molar-refractivity contribution in [3.8, 4) is 0 Å². The summed E-state index contributed by atoms with van der Waals surface area (Å²) < 4.78 is 4.64. The van der Waals surface area contributed by atoms with Crippen LogP contribution in [0, 0.1) is 0 Å². The predicted octanol–water partition coefficient (Wildman–Crippen LogP) is 2.13. The van der Waals surface area contributed by atoms with Crippen LogP contribution in [0.25, 0.3) is 0 Å². The highest BCUT2D eigenvalue weighted by molar-refractivity contribution is 5.94. The molecule has 1 aromatic rings. The van der Waals surface area contributed by atoms with Gasteiger partial charge >= 0.3 is 5.97 Å².